The number of carboxylic acid groups (broad SMARTS) is 1. The molecule has 0 aliphatic heterocycles. The van der Waals surface area contributed by atoms with Crippen LogP contribution in [0.1, 0.15) is 36.8 Å². The van der Waals surface area contributed by atoms with Crippen molar-refractivity contribution in [3.8, 4) is 0 Å². The highest BCUT2D eigenvalue weighted by Crippen LogP contribution is 2.29. The summed E-state index contributed by atoms with van der Waals surface area (Å²) >= 11 is 1.63. The molecule has 1 heterocycles. The lowest BCUT2D eigenvalue weighted by Crippen LogP contribution is -2.35. The van der Waals surface area contributed by atoms with Crippen molar-refractivity contribution < 1.29 is 14.7 Å². The molecule has 1 aliphatic carbocycles. The fourth-order valence-corrected chi connectivity index (χ4v) is 3.40. The molecule has 4 nitrogen and oxygen atoms in total. The maximum absolute atomic E-state index is 12.1. The van der Waals surface area contributed by atoms with E-state index in [0.717, 1.165) is 18.4 Å². The largest absolute Gasteiger partial charge is 0.481 e. The maximum atomic E-state index is 12.1. The molecule has 0 bridgehead atoms. The molecule has 2 atom stereocenters. The topological polar surface area (TPSA) is 66.4 Å². The summed E-state index contributed by atoms with van der Waals surface area (Å²) in [5.41, 5.74) is 2.33. The number of amides is 1. The predicted octanol–water partition coefficient (Wildman–Crippen LogP) is 2.56. The molecule has 104 valence electrons. The van der Waals surface area contributed by atoms with Crippen molar-refractivity contribution in [1.29, 1.82) is 0 Å². The van der Waals surface area contributed by atoms with E-state index in [1.807, 2.05) is 12.3 Å². The van der Waals surface area contributed by atoms with Gasteiger partial charge in [0.05, 0.1) is 5.92 Å². The van der Waals surface area contributed by atoms with E-state index in [-0.39, 0.29) is 17.7 Å². The first-order valence-electron chi connectivity index (χ1n) is 6.60. The Labute approximate surface area is 116 Å². The molecule has 0 saturated heterocycles. The Bertz CT molecular complexity index is 469. The van der Waals surface area contributed by atoms with E-state index < -0.39 is 5.97 Å². The molecular formula is C14H19NO3S. The van der Waals surface area contributed by atoms with E-state index in [4.69, 9.17) is 5.11 Å². The molecule has 2 unspecified atom stereocenters. The minimum Gasteiger partial charge on any atom is -0.481 e. The van der Waals surface area contributed by atoms with Gasteiger partial charge in [0.2, 0.25) is 5.91 Å². The second-order valence-corrected chi connectivity index (χ2v) is 5.94. The molecule has 0 aromatic carbocycles. The van der Waals surface area contributed by atoms with Crippen molar-refractivity contribution in [2.45, 2.75) is 39.2 Å². The van der Waals surface area contributed by atoms with E-state index in [1.165, 1.54) is 5.56 Å². The molecule has 19 heavy (non-hydrogen) atoms. The second-order valence-electron chi connectivity index (χ2n) is 5.20. The van der Waals surface area contributed by atoms with Gasteiger partial charge in [-0.25, -0.2) is 0 Å². The lowest BCUT2D eigenvalue weighted by Gasteiger charge is -2.25. The number of hydrogen-bond acceptors (Lipinski definition) is 3. The Morgan fingerprint density at radius 3 is 2.74 bits per heavy atom. The first kappa shape index (κ1) is 14.1. The Kier molecular flexibility index (Phi) is 4.58. The molecule has 5 heteroatoms. The molecule has 1 aliphatic rings. The van der Waals surface area contributed by atoms with Crippen molar-refractivity contribution in [2.24, 2.45) is 11.8 Å². The van der Waals surface area contributed by atoms with Crippen LogP contribution in [0.3, 0.4) is 0 Å². The van der Waals surface area contributed by atoms with Crippen LogP contribution in [-0.4, -0.2) is 17.0 Å². The normalized spacial score (nSPS) is 23.0. The number of nitrogens with one attached hydrogen (secondary N) is 1. The van der Waals surface area contributed by atoms with Crippen molar-refractivity contribution in [3.05, 3.63) is 21.9 Å². The van der Waals surface area contributed by atoms with Crippen LogP contribution < -0.4 is 5.32 Å². The first-order valence-corrected chi connectivity index (χ1v) is 7.54. The molecule has 1 aromatic heterocycles. The molecule has 1 saturated carbocycles. The van der Waals surface area contributed by atoms with Crippen LogP contribution in [0, 0.1) is 18.8 Å². The number of hydrogen-bond donors (Lipinski definition) is 2. The van der Waals surface area contributed by atoms with Crippen LogP contribution in [-0.2, 0) is 16.1 Å². The number of carbonyl (C=O) groups is 2. The van der Waals surface area contributed by atoms with Crippen LogP contribution in [0.25, 0.3) is 0 Å². The van der Waals surface area contributed by atoms with Gasteiger partial charge in [-0.2, -0.15) is 11.3 Å². The number of thiophene rings is 1. The number of aliphatic carboxylic acids is 1. The fourth-order valence-electron chi connectivity index (χ4n) is 2.55. The summed E-state index contributed by atoms with van der Waals surface area (Å²) in [5, 5.41) is 16.1. The van der Waals surface area contributed by atoms with Crippen LogP contribution in [0.4, 0.5) is 0 Å². The number of carboxylic acids is 1. The number of aryl methyl sites for hydroxylation is 1. The van der Waals surface area contributed by atoms with Gasteiger partial charge in [-0.1, -0.05) is 6.42 Å². The lowest BCUT2D eigenvalue weighted by molar-refractivity contribution is -0.144. The van der Waals surface area contributed by atoms with E-state index in [1.54, 1.807) is 11.3 Å². The molecule has 1 fully saturated rings. The smallest absolute Gasteiger partial charge is 0.306 e. The standard InChI is InChI=1S/C14H19NO3S/c1-9-7-19-8-12(9)6-15-13(16)10-3-2-4-11(5-10)14(17)18/h7-8,10-11H,2-6H2,1H3,(H,15,16)(H,17,18). The average Bonchev–Trinajstić information content (AvgIpc) is 2.81. The number of rotatable bonds is 4. The quantitative estimate of drug-likeness (QED) is 0.891. The van der Waals surface area contributed by atoms with Crippen molar-refractivity contribution in [1.82, 2.24) is 5.32 Å². The Morgan fingerprint density at radius 2 is 2.11 bits per heavy atom. The Morgan fingerprint density at radius 1 is 1.37 bits per heavy atom. The summed E-state index contributed by atoms with van der Waals surface area (Å²) in [7, 11) is 0. The molecule has 1 amide bonds. The monoisotopic (exact) mass is 281 g/mol. The van der Waals surface area contributed by atoms with Crippen LogP contribution >= 0.6 is 11.3 Å². The average molecular weight is 281 g/mol. The van der Waals surface area contributed by atoms with Crippen molar-refractivity contribution >= 4 is 23.2 Å². The van der Waals surface area contributed by atoms with E-state index in [0.29, 0.717) is 19.4 Å². The van der Waals surface area contributed by atoms with Crippen LogP contribution in [0.15, 0.2) is 10.8 Å². The maximum Gasteiger partial charge on any atom is 0.306 e. The molecule has 0 spiro atoms. The van der Waals surface area contributed by atoms with Gasteiger partial charge in [-0.05, 0) is 48.1 Å². The second kappa shape index (κ2) is 6.19. The highest BCUT2D eigenvalue weighted by atomic mass is 32.1. The fraction of sp³-hybridized carbons (Fsp3) is 0.571. The van der Waals surface area contributed by atoms with Crippen LogP contribution in [0.5, 0.6) is 0 Å². The van der Waals surface area contributed by atoms with Gasteiger partial charge in [0.25, 0.3) is 0 Å². The predicted molar refractivity (Wildman–Crippen MR) is 74.0 cm³/mol. The Balaban J connectivity index is 1.86. The third-order valence-corrected chi connectivity index (χ3v) is 4.72. The van der Waals surface area contributed by atoms with Gasteiger partial charge in [0, 0.05) is 12.5 Å². The highest BCUT2D eigenvalue weighted by molar-refractivity contribution is 7.08. The van der Waals surface area contributed by atoms with Gasteiger partial charge < -0.3 is 10.4 Å². The molecule has 1 aromatic rings. The summed E-state index contributed by atoms with van der Waals surface area (Å²) in [6, 6.07) is 0. The van der Waals surface area contributed by atoms with Gasteiger partial charge in [0.1, 0.15) is 0 Å². The van der Waals surface area contributed by atoms with Gasteiger partial charge in [-0.15, -0.1) is 0 Å². The molecular weight excluding hydrogens is 262 g/mol. The minimum absolute atomic E-state index is 0.00319. The van der Waals surface area contributed by atoms with Crippen molar-refractivity contribution in [3.63, 3.8) is 0 Å². The van der Waals surface area contributed by atoms with Crippen molar-refractivity contribution in [2.75, 3.05) is 0 Å². The molecule has 0 radical (unpaired) electrons. The number of carbonyl (C=O) groups excluding carboxylic acids is 1. The third kappa shape index (κ3) is 3.56. The lowest BCUT2D eigenvalue weighted by atomic mass is 9.81. The SMILES string of the molecule is Cc1cscc1CNC(=O)C1CCCC(C(=O)O)C1. The van der Waals surface area contributed by atoms with E-state index in [2.05, 4.69) is 10.7 Å². The summed E-state index contributed by atoms with van der Waals surface area (Å²) in [4.78, 5) is 23.1. The third-order valence-electron chi connectivity index (χ3n) is 3.81. The molecule has 2 N–H and O–H groups in total. The Hall–Kier alpha value is -1.36. The zero-order valence-corrected chi connectivity index (χ0v) is 11.8. The summed E-state index contributed by atoms with van der Waals surface area (Å²) in [5.74, 6) is -1.27. The van der Waals surface area contributed by atoms with Crippen LogP contribution in [0.2, 0.25) is 0 Å². The first-order chi connectivity index (χ1) is 9.08. The summed E-state index contributed by atoms with van der Waals surface area (Å²) < 4.78 is 0. The summed E-state index contributed by atoms with van der Waals surface area (Å²) in [6.45, 7) is 2.57. The van der Waals surface area contributed by atoms with Gasteiger partial charge in [0.15, 0.2) is 0 Å². The zero-order valence-electron chi connectivity index (χ0n) is 11.0. The summed E-state index contributed by atoms with van der Waals surface area (Å²) in [6.07, 6.45) is 2.80. The van der Waals surface area contributed by atoms with E-state index in [9.17, 15) is 9.59 Å². The van der Waals surface area contributed by atoms with E-state index >= 15 is 0 Å². The molecule has 2 rings (SSSR count). The zero-order chi connectivity index (χ0) is 13.8. The minimum atomic E-state index is -0.772. The highest BCUT2D eigenvalue weighted by Gasteiger charge is 2.30. The van der Waals surface area contributed by atoms with Gasteiger partial charge >= 0.3 is 5.97 Å². The van der Waals surface area contributed by atoms with Gasteiger partial charge in [-0.3, -0.25) is 9.59 Å².